The molecule has 2 aliphatic rings. The van der Waals surface area contributed by atoms with Gasteiger partial charge in [0.05, 0.1) is 0 Å². The van der Waals surface area contributed by atoms with Gasteiger partial charge in [0.25, 0.3) is 0 Å². The fraction of sp³-hybridized carbons (Fsp3) is 0.0426. The molecule has 3 heterocycles. The Bertz CT molecular complexity index is 2980. The molecule has 52 heavy (non-hydrogen) atoms. The normalized spacial score (nSPS) is 16.4. The molecular formula is C47H29N3O2. The molecule has 2 unspecified atom stereocenters. The molecule has 0 spiro atoms. The van der Waals surface area contributed by atoms with Crippen LogP contribution < -0.4 is 0 Å². The first-order valence-corrected chi connectivity index (χ1v) is 17.6. The summed E-state index contributed by atoms with van der Waals surface area (Å²) in [7, 11) is 0. The van der Waals surface area contributed by atoms with Crippen LogP contribution in [0.5, 0.6) is 0 Å². The summed E-state index contributed by atoms with van der Waals surface area (Å²) in [6, 6.07) is 45.8. The third kappa shape index (κ3) is 4.53. The number of allylic oxidation sites excluding steroid dienone is 5. The summed E-state index contributed by atoms with van der Waals surface area (Å²) in [5.41, 5.74) is 10.9. The molecule has 0 saturated heterocycles. The van der Waals surface area contributed by atoms with Crippen LogP contribution in [-0.4, -0.2) is 15.0 Å². The number of benzene rings is 6. The molecule has 2 aliphatic carbocycles. The van der Waals surface area contributed by atoms with E-state index in [1.165, 1.54) is 11.1 Å². The topological polar surface area (TPSA) is 65.0 Å². The molecule has 0 N–H and O–H groups in total. The van der Waals surface area contributed by atoms with Crippen molar-refractivity contribution >= 4 is 55.5 Å². The Morgan fingerprint density at radius 3 is 2.19 bits per heavy atom. The van der Waals surface area contributed by atoms with E-state index in [4.69, 9.17) is 23.8 Å². The molecule has 0 bridgehead atoms. The van der Waals surface area contributed by atoms with Gasteiger partial charge >= 0.3 is 0 Å². The first kappa shape index (κ1) is 28.9. The van der Waals surface area contributed by atoms with Crippen LogP contribution in [0.15, 0.2) is 167 Å². The summed E-state index contributed by atoms with van der Waals surface area (Å²) < 4.78 is 12.8. The zero-order valence-corrected chi connectivity index (χ0v) is 27.9. The molecule has 0 fully saturated rings. The van der Waals surface area contributed by atoms with Crippen LogP contribution >= 0.6 is 0 Å². The molecule has 9 aromatic rings. The minimum atomic E-state index is 0.217. The Hall–Kier alpha value is -6.85. The molecule has 5 nitrogen and oxygen atoms in total. The van der Waals surface area contributed by atoms with E-state index in [2.05, 4.69) is 97.1 Å². The van der Waals surface area contributed by atoms with Gasteiger partial charge in [0, 0.05) is 55.6 Å². The SMILES string of the molecule is C1=CC2c3ccccc3C=CC2C=C1c1nc(-c2ccccc2)nc(-c2cccc3oc4c(-c5ccc6oc7ccccc7c6c5)cccc4c23)n1. The molecule has 2 atom stereocenters. The maximum absolute atomic E-state index is 6.71. The van der Waals surface area contributed by atoms with Crippen LogP contribution in [0, 0.1) is 5.92 Å². The summed E-state index contributed by atoms with van der Waals surface area (Å²) in [6.07, 6.45) is 11.3. The van der Waals surface area contributed by atoms with Crippen molar-refractivity contribution in [3.8, 4) is 33.9 Å². The van der Waals surface area contributed by atoms with E-state index in [9.17, 15) is 0 Å². The van der Waals surface area contributed by atoms with Crippen molar-refractivity contribution in [2.75, 3.05) is 0 Å². The van der Waals surface area contributed by atoms with Crippen molar-refractivity contribution in [1.82, 2.24) is 15.0 Å². The van der Waals surface area contributed by atoms with E-state index >= 15 is 0 Å². The van der Waals surface area contributed by atoms with Gasteiger partial charge in [-0.25, -0.2) is 15.0 Å². The minimum absolute atomic E-state index is 0.217. The average Bonchev–Trinajstić information content (AvgIpc) is 3.79. The number of furan rings is 2. The van der Waals surface area contributed by atoms with Gasteiger partial charge in [-0.1, -0.05) is 140 Å². The molecule has 5 heteroatoms. The smallest absolute Gasteiger partial charge is 0.164 e. The Morgan fingerprint density at radius 1 is 0.481 bits per heavy atom. The summed E-state index contributed by atoms with van der Waals surface area (Å²) in [6.45, 7) is 0. The van der Waals surface area contributed by atoms with Crippen LogP contribution in [0.1, 0.15) is 22.9 Å². The number of nitrogens with zero attached hydrogens (tertiary/aromatic N) is 3. The number of hydrogen-bond donors (Lipinski definition) is 0. The lowest BCUT2D eigenvalue weighted by Crippen LogP contribution is -2.15. The van der Waals surface area contributed by atoms with Crippen molar-refractivity contribution in [1.29, 1.82) is 0 Å². The zero-order chi connectivity index (χ0) is 34.2. The van der Waals surface area contributed by atoms with Gasteiger partial charge in [0.1, 0.15) is 22.3 Å². The number of aromatic nitrogens is 3. The van der Waals surface area contributed by atoms with Gasteiger partial charge in [-0.05, 0) is 41.0 Å². The van der Waals surface area contributed by atoms with E-state index in [1.54, 1.807) is 0 Å². The molecular weight excluding hydrogens is 639 g/mol. The first-order valence-electron chi connectivity index (χ1n) is 17.6. The van der Waals surface area contributed by atoms with E-state index in [0.29, 0.717) is 17.5 Å². The second kappa shape index (κ2) is 11.3. The van der Waals surface area contributed by atoms with Crippen molar-refractivity contribution in [3.05, 3.63) is 175 Å². The highest BCUT2D eigenvalue weighted by molar-refractivity contribution is 6.15. The van der Waals surface area contributed by atoms with E-state index < -0.39 is 0 Å². The predicted octanol–water partition coefficient (Wildman–Crippen LogP) is 12.1. The minimum Gasteiger partial charge on any atom is -0.456 e. The van der Waals surface area contributed by atoms with Gasteiger partial charge in [0.15, 0.2) is 17.5 Å². The summed E-state index contributed by atoms with van der Waals surface area (Å²) in [5.74, 6) is 2.39. The number of fused-ring (bicyclic) bond motifs is 9. The Balaban J connectivity index is 1.07. The van der Waals surface area contributed by atoms with Gasteiger partial charge in [-0.15, -0.1) is 0 Å². The lowest BCUT2D eigenvalue weighted by molar-refractivity contribution is 0.668. The molecule has 0 aliphatic heterocycles. The second-order valence-electron chi connectivity index (χ2n) is 13.5. The highest BCUT2D eigenvalue weighted by Crippen LogP contribution is 2.43. The molecule has 0 saturated carbocycles. The van der Waals surface area contributed by atoms with E-state index in [0.717, 1.165) is 71.7 Å². The fourth-order valence-electron chi connectivity index (χ4n) is 8.02. The lowest BCUT2D eigenvalue weighted by atomic mass is 9.76. The largest absolute Gasteiger partial charge is 0.456 e. The molecule has 0 radical (unpaired) electrons. The Morgan fingerprint density at radius 2 is 1.23 bits per heavy atom. The van der Waals surface area contributed by atoms with Crippen molar-refractivity contribution in [2.45, 2.75) is 5.92 Å². The highest BCUT2D eigenvalue weighted by Gasteiger charge is 2.27. The summed E-state index contributed by atoms with van der Waals surface area (Å²) in [4.78, 5) is 15.4. The highest BCUT2D eigenvalue weighted by atomic mass is 16.3. The van der Waals surface area contributed by atoms with Crippen LogP contribution in [-0.2, 0) is 0 Å². The van der Waals surface area contributed by atoms with E-state index in [1.807, 2.05) is 66.7 Å². The zero-order valence-electron chi connectivity index (χ0n) is 27.9. The van der Waals surface area contributed by atoms with Gasteiger partial charge < -0.3 is 8.83 Å². The Kier molecular flexibility index (Phi) is 6.31. The van der Waals surface area contributed by atoms with Crippen LogP contribution in [0.25, 0.3) is 89.4 Å². The van der Waals surface area contributed by atoms with Gasteiger partial charge in [-0.3, -0.25) is 0 Å². The first-order chi connectivity index (χ1) is 25.7. The second-order valence-corrected chi connectivity index (χ2v) is 13.5. The Labute approximate surface area is 298 Å². The standard InChI is InChI=1S/C47H29N3O2/c1-2-11-29(12-3-1)45-48-46(32-22-24-34-30(26-32)21-20-28-10-4-5-13-33(28)34)50-47(49-45)38-17-9-19-42-43(38)37-16-8-15-35(44(37)52-42)31-23-25-41-39(27-31)36-14-6-7-18-40(36)51-41/h1-27,30,34H. The fourth-order valence-corrected chi connectivity index (χ4v) is 8.02. The monoisotopic (exact) mass is 667 g/mol. The quantitative estimate of drug-likeness (QED) is 0.187. The average molecular weight is 668 g/mol. The summed E-state index contributed by atoms with van der Waals surface area (Å²) >= 11 is 0. The van der Waals surface area contributed by atoms with Gasteiger partial charge in [0.2, 0.25) is 0 Å². The third-order valence-electron chi connectivity index (χ3n) is 10.5. The van der Waals surface area contributed by atoms with Crippen LogP contribution in [0.2, 0.25) is 0 Å². The predicted molar refractivity (Wildman–Crippen MR) is 210 cm³/mol. The summed E-state index contributed by atoms with van der Waals surface area (Å²) in [5, 5.41) is 4.17. The maximum atomic E-state index is 6.71. The molecule has 6 aromatic carbocycles. The third-order valence-corrected chi connectivity index (χ3v) is 10.5. The number of para-hydroxylation sites is 2. The number of rotatable bonds is 4. The maximum Gasteiger partial charge on any atom is 0.164 e. The molecule has 0 amide bonds. The van der Waals surface area contributed by atoms with Crippen molar-refractivity contribution in [2.24, 2.45) is 5.92 Å². The van der Waals surface area contributed by atoms with Gasteiger partial charge in [-0.2, -0.15) is 0 Å². The molecule has 3 aromatic heterocycles. The lowest BCUT2D eigenvalue weighted by Gasteiger charge is -2.28. The number of hydrogen-bond acceptors (Lipinski definition) is 5. The van der Waals surface area contributed by atoms with Crippen LogP contribution in [0.3, 0.4) is 0 Å². The molecule has 11 rings (SSSR count). The van der Waals surface area contributed by atoms with Crippen LogP contribution in [0.4, 0.5) is 0 Å². The van der Waals surface area contributed by atoms with Crippen molar-refractivity contribution in [3.63, 3.8) is 0 Å². The van der Waals surface area contributed by atoms with Crippen molar-refractivity contribution < 1.29 is 8.83 Å². The van der Waals surface area contributed by atoms with E-state index in [-0.39, 0.29) is 11.8 Å². The molecule has 244 valence electrons.